The predicted molar refractivity (Wildman–Crippen MR) is 67.8 cm³/mol. The first-order valence-electron chi connectivity index (χ1n) is 6.85. The highest BCUT2D eigenvalue weighted by Gasteiger charge is 2.29. The van der Waals surface area contributed by atoms with E-state index in [1.807, 2.05) is 6.92 Å². The Morgan fingerprint density at radius 3 is 2.61 bits per heavy atom. The molecule has 0 amide bonds. The second kappa shape index (κ2) is 5.55. The molecular weight excluding hydrogens is 230 g/mol. The van der Waals surface area contributed by atoms with Gasteiger partial charge in [-0.05, 0) is 25.2 Å². The van der Waals surface area contributed by atoms with E-state index in [4.69, 9.17) is 4.52 Å². The van der Waals surface area contributed by atoms with Gasteiger partial charge in [0.05, 0.1) is 0 Å². The first kappa shape index (κ1) is 13.1. The van der Waals surface area contributed by atoms with Gasteiger partial charge in [-0.15, -0.1) is 0 Å². The molecule has 0 aliphatic heterocycles. The Morgan fingerprint density at radius 2 is 2.06 bits per heavy atom. The molecule has 2 rings (SSSR count). The summed E-state index contributed by atoms with van der Waals surface area (Å²) in [7, 11) is 0. The molecule has 4 heteroatoms. The quantitative estimate of drug-likeness (QED) is 0.887. The van der Waals surface area contributed by atoms with Crippen molar-refractivity contribution in [2.45, 2.75) is 58.3 Å². The number of rotatable bonds is 4. The van der Waals surface area contributed by atoms with Crippen molar-refractivity contribution in [2.75, 3.05) is 0 Å². The minimum Gasteiger partial charge on any atom is -0.477 e. The van der Waals surface area contributed by atoms with Crippen LogP contribution in [0.4, 0.5) is 0 Å². The fraction of sp³-hybridized carbons (Fsp3) is 0.714. The number of carboxylic acids is 1. The molecule has 0 atom stereocenters. The summed E-state index contributed by atoms with van der Waals surface area (Å²) < 4.78 is 5.25. The summed E-state index contributed by atoms with van der Waals surface area (Å²) in [6.07, 6.45) is 5.88. The minimum atomic E-state index is -0.895. The van der Waals surface area contributed by atoms with Crippen molar-refractivity contribution < 1.29 is 14.4 Å². The van der Waals surface area contributed by atoms with Gasteiger partial charge in [0.2, 0.25) is 0 Å². The Balaban J connectivity index is 2.24. The summed E-state index contributed by atoms with van der Waals surface area (Å²) in [6, 6.07) is 0. The van der Waals surface area contributed by atoms with E-state index >= 15 is 0 Å². The fourth-order valence-corrected chi connectivity index (χ4v) is 2.78. The molecule has 1 aliphatic carbocycles. The summed E-state index contributed by atoms with van der Waals surface area (Å²) in [5, 5.41) is 13.4. The first-order chi connectivity index (χ1) is 8.63. The Hall–Kier alpha value is -1.32. The number of aryl methyl sites for hydroxylation is 1. The van der Waals surface area contributed by atoms with Gasteiger partial charge < -0.3 is 9.63 Å². The summed E-state index contributed by atoms with van der Waals surface area (Å²) in [5.74, 6) is 0.658. The molecule has 0 spiro atoms. The monoisotopic (exact) mass is 251 g/mol. The number of nitrogens with zero attached hydrogens (tertiary/aromatic N) is 1. The molecule has 1 aliphatic rings. The van der Waals surface area contributed by atoms with Gasteiger partial charge in [-0.1, -0.05) is 31.8 Å². The molecular formula is C14H21NO3. The Morgan fingerprint density at radius 1 is 1.39 bits per heavy atom. The van der Waals surface area contributed by atoms with Gasteiger partial charge in [-0.3, -0.25) is 0 Å². The molecule has 1 heterocycles. The third kappa shape index (κ3) is 2.57. The topological polar surface area (TPSA) is 63.3 Å². The smallest absolute Gasteiger partial charge is 0.341 e. The largest absolute Gasteiger partial charge is 0.477 e. The van der Waals surface area contributed by atoms with Crippen LogP contribution in [0.5, 0.6) is 0 Å². The molecule has 1 aromatic heterocycles. The molecule has 0 bridgehead atoms. The van der Waals surface area contributed by atoms with E-state index in [2.05, 4.69) is 12.1 Å². The molecule has 4 nitrogen and oxygen atoms in total. The summed E-state index contributed by atoms with van der Waals surface area (Å²) in [6.45, 7) is 4.26. The number of hydrogen-bond acceptors (Lipinski definition) is 3. The first-order valence-corrected chi connectivity index (χ1v) is 6.85. The van der Waals surface area contributed by atoms with Gasteiger partial charge in [0, 0.05) is 12.3 Å². The highest BCUT2D eigenvalue weighted by molar-refractivity contribution is 5.90. The van der Waals surface area contributed by atoms with Crippen LogP contribution in [0.1, 0.15) is 73.7 Å². The van der Waals surface area contributed by atoms with Crippen LogP contribution in [0.15, 0.2) is 4.52 Å². The van der Waals surface area contributed by atoms with Gasteiger partial charge in [0.15, 0.2) is 5.76 Å². The van der Waals surface area contributed by atoms with Gasteiger partial charge in [0.1, 0.15) is 11.3 Å². The van der Waals surface area contributed by atoms with Crippen molar-refractivity contribution in [3.05, 3.63) is 17.0 Å². The normalized spacial score (nSPS) is 24.1. The van der Waals surface area contributed by atoms with Crippen molar-refractivity contribution in [2.24, 2.45) is 5.92 Å². The second-order valence-electron chi connectivity index (χ2n) is 5.38. The van der Waals surface area contributed by atoms with E-state index in [1.165, 1.54) is 0 Å². The number of aromatic carboxylic acids is 1. The lowest BCUT2D eigenvalue weighted by Gasteiger charge is -2.24. The van der Waals surface area contributed by atoms with Gasteiger partial charge >= 0.3 is 5.97 Å². The third-order valence-corrected chi connectivity index (χ3v) is 3.88. The number of carboxylic acid groups (broad SMARTS) is 1. The van der Waals surface area contributed by atoms with E-state index in [-0.39, 0.29) is 5.92 Å². The molecule has 100 valence electrons. The van der Waals surface area contributed by atoms with Crippen LogP contribution < -0.4 is 0 Å². The Labute approximate surface area is 107 Å². The summed E-state index contributed by atoms with van der Waals surface area (Å²) >= 11 is 0. The summed E-state index contributed by atoms with van der Waals surface area (Å²) in [4.78, 5) is 11.4. The average molecular weight is 251 g/mol. The van der Waals surface area contributed by atoms with Crippen LogP contribution in [0.25, 0.3) is 0 Å². The maximum Gasteiger partial charge on any atom is 0.341 e. The molecule has 1 fully saturated rings. The highest BCUT2D eigenvalue weighted by Crippen LogP contribution is 2.37. The van der Waals surface area contributed by atoms with Crippen LogP contribution in [0.3, 0.4) is 0 Å². The second-order valence-corrected chi connectivity index (χ2v) is 5.38. The maximum atomic E-state index is 11.4. The van der Waals surface area contributed by atoms with Crippen LogP contribution >= 0.6 is 0 Å². The predicted octanol–water partition coefficient (Wildman–Crippen LogP) is 3.62. The number of carbonyl (C=O) groups is 1. The highest BCUT2D eigenvalue weighted by atomic mass is 16.5. The maximum absolute atomic E-state index is 11.4. The van der Waals surface area contributed by atoms with Crippen LogP contribution in [-0.2, 0) is 6.42 Å². The average Bonchev–Trinajstić information content (AvgIpc) is 2.74. The molecule has 0 aromatic carbocycles. The lowest BCUT2D eigenvalue weighted by Crippen LogP contribution is -2.14. The van der Waals surface area contributed by atoms with E-state index in [0.29, 0.717) is 23.4 Å². The summed E-state index contributed by atoms with van der Waals surface area (Å²) in [5.41, 5.74) is 1.01. The molecule has 1 saturated carbocycles. The molecule has 0 saturated heterocycles. The zero-order valence-electron chi connectivity index (χ0n) is 11.1. The van der Waals surface area contributed by atoms with Crippen molar-refractivity contribution in [3.8, 4) is 0 Å². The Kier molecular flexibility index (Phi) is 4.04. The minimum absolute atomic E-state index is 0.265. The van der Waals surface area contributed by atoms with Crippen LogP contribution in [0, 0.1) is 5.92 Å². The van der Waals surface area contributed by atoms with E-state index in [0.717, 1.165) is 38.0 Å². The van der Waals surface area contributed by atoms with Crippen molar-refractivity contribution >= 4 is 5.97 Å². The molecule has 1 aromatic rings. The molecule has 0 radical (unpaired) electrons. The third-order valence-electron chi connectivity index (χ3n) is 3.88. The van der Waals surface area contributed by atoms with Crippen molar-refractivity contribution in [1.82, 2.24) is 5.16 Å². The lowest BCUT2D eigenvalue weighted by molar-refractivity contribution is 0.0692. The van der Waals surface area contributed by atoms with E-state index in [9.17, 15) is 9.90 Å². The molecule has 0 unspecified atom stereocenters. The molecule has 18 heavy (non-hydrogen) atoms. The van der Waals surface area contributed by atoms with Gasteiger partial charge in [-0.2, -0.15) is 0 Å². The van der Waals surface area contributed by atoms with Crippen LogP contribution in [-0.4, -0.2) is 16.2 Å². The lowest BCUT2D eigenvalue weighted by atomic mass is 9.80. The SMILES string of the molecule is CCCc1onc(C2CCC(C)CC2)c1C(=O)O. The number of aromatic nitrogens is 1. The zero-order valence-corrected chi connectivity index (χ0v) is 11.1. The molecule has 1 N–H and O–H groups in total. The van der Waals surface area contributed by atoms with Crippen LogP contribution in [0.2, 0.25) is 0 Å². The van der Waals surface area contributed by atoms with Gasteiger partial charge in [-0.25, -0.2) is 4.79 Å². The number of hydrogen-bond donors (Lipinski definition) is 1. The van der Waals surface area contributed by atoms with Gasteiger partial charge in [0.25, 0.3) is 0 Å². The fourth-order valence-electron chi connectivity index (χ4n) is 2.78. The van der Waals surface area contributed by atoms with Crippen molar-refractivity contribution in [1.29, 1.82) is 0 Å². The zero-order chi connectivity index (χ0) is 13.1. The standard InChI is InChI=1S/C14H21NO3/c1-3-4-11-12(14(16)17)13(15-18-11)10-7-5-9(2)6-8-10/h9-10H,3-8H2,1-2H3,(H,16,17). The Bertz CT molecular complexity index is 417. The van der Waals surface area contributed by atoms with E-state index in [1.54, 1.807) is 0 Å². The van der Waals surface area contributed by atoms with E-state index < -0.39 is 5.97 Å². The van der Waals surface area contributed by atoms with Crippen molar-refractivity contribution in [3.63, 3.8) is 0 Å².